The van der Waals surface area contributed by atoms with Crippen LogP contribution in [-0.2, 0) is 4.74 Å². The first-order valence-electron chi connectivity index (χ1n) is 5.19. The Morgan fingerprint density at radius 1 is 1.24 bits per heavy atom. The SMILES string of the molecule is COC(=O)c1cc(OC)c2ccnc(C)c2c1. The highest BCUT2D eigenvalue weighted by atomic mass is 16.5. The molecule has 88 valence electrons. The number of fused-ring (bicyclic) bond motifs is 1. The van der Waals surface area contributed by atoms with Crippen molar-refractivity contribution in [2.24, 2.45) is 0 Å². The van der Waals surface area contributed by atoms with Crippen molar-refractivity contribution >= 4 is 16.7 Å². The summed E-state index contributed by atoms with van der Waals surface area (Å²) in [4.78, 5) is 15.7. The van der Waals surface area contributed by atoms with Crippen molar-refractivity contribution in [1.29, 1.82) is 0 Å². The summed E-state index contributed by atoms with van der Waals surface area (Å²) in [6.45, 7) is 1.89. The fourth-order valence-corrected chi connectivity index (χ4v) is 1.80. The maximum atomic E-state index is 11.5. The zero-order chi connectivity index (χ0) is 12.4. The molecule has 0 bridgehead atoms. The summed E-state index contributed by atoms with van der Waals surface area (Å²) >= 11 is 0. The molecule has 0 saturated carbocycles. The quantitative estimate of drug-likeness (QED) is 0.744. The number of nitrogens with zero attached hydrogens (tertiary/aromatic N) is 1. The summed E-state index contributed by atoms with van der Waals surface area (Å²) in [7, 11) is 2.93. The standard InChI is InChI=1S/C13H13NO3/c1-8-11-6-9(13(15)17-3)7-12(16-2)10(11)4-5-14-8/h4-7H,1-3H3. The number of rotatable bonds is 2. The molecule has 0 saturated heterocycles. The van der Waals surface area contributed by atoms with Crippen molar-refractivity contribution in [3.63, 3.8) is 0 Å². The lowest BCUT2D eigenvalue weighted by Crippen LogP contribution is -2.02. The van der Waals surface area contributed by atoms with Crippen LogP contribution in [0, 0.1) is 6.92 Å². The molecule has 0 N–H and O–H groups in total. The van der Waals surface area contributed by atoms with Gasteiger partial charge in [-0.1, -0.05) is 0 Å². The minimum atomic E-state index is -0.381. The van der Waals surface area contributed by atoms with E-state index in [-0.39, 0.29) is 5.97 Å². The van der Waals surface area contributed by atoms with Crippen molar-refractivity contribution in [3.8, 4) is 5.75 Å². The van der Waals surface area contributed by atoms with Crippen LogP contribution in [-0.4, -0.2) is 25.2 Å². The molecular formula is C13H13NO3. The molecule has 0 aliphatic heterocycles. The first-order chi connectivity index (χ1) is 8.17. The van der Waals surface area contributed by atoms with Crippen LogP contribution < -0.4 is 4.74 Å². The predicted octanol–water partition coefficient (Wildman–Crippen LogP) is 2.34. The van der Waals surface area contributed by atoms with E-state index < -0.39 is 0 Å². The van der Waals surface area contributed by atoms with Crippen LogP contribution in [0.1, 0.15) is 16.1 Å². The Morgan fingerprint density at radius 2 is 2.00 bits per heavy atom. The second kappa shape index (κ2) is 4.41. The highest BCUT2D eigenvalue weighted by Crippen LogP contribution is 2.28. The summed E-state index contributed by atoms with van der Waals surface area (Å²) in [5.41, 5.74) is 1.32. The Balaban J connectivity index is 2.76. The lowest BCUT2D eigenvalue weighted by molar-refractivity contribution is 0.0600. The van der Waals surface area contributed by atoms with Gasteiger partial charge in [0.15, 0.2) is 0 Å². The molecule has 1 aromatic heterocycles. The number of esters is 1. The molecule has 4 heteroatoms. The third-order valence-electron chi connectivity index (χ3n) is 2.68. The number of benzene rings is 1. The van der Waals surface area contributed by atoms with Gasteiger partial charge in [0, 0.05) is 22.7 Å². The largest absolute Gasteiger partial charge is 0.496 e. The number of pyridine rings is 1. The monoisotopic (exact) mass is 231 g/mol. The number of ether oxygens (including phenoxy) is 2. The molecule has 0 unspecified atom stereocenters. The van der Waals surface area contributed by atoms with Crippen molar-refractivity contribution in [2.45, 2.75) is 6.92 Å². The van der Waals surface area contributed by atoms with E-state index in [1.807, 2.05) is 13.0 Å². The van der Waals surface area contributed by atoms with Gasteiger partial charge >= 0.3 is 5.97 Å². The summed E-state index contributed by atoms with van der Waals surface area (Å²) in [5.74, 6) is 0.266. The van der Waals surface area contributed by atoms with Crippen LogP contribution in [0.2, 0.25) is 0 Å². The van der Waals surface area contributed by atoms with Crippen LogP contribution >= 0.6 is 0 Å². The summed E-state index contributed by atoms with van der Waals surface area (Å²) in [5, 5.41) is 1.83. The zero-order valence-electron chi connectivity index (χ0n) is 9.98. The lowest BCUT2D eigenvalue weighted by Gasteiger charge is -2.09. The van der Waals surface area contributed by atoms with E-state index in [9.17, 15) is 4.79 Å². The fraction of sp³-hybridized carbons (Fsp3) is 0.231. The van der Waals surface area contributed by atoms with E-state index in [1.54, 1.807) is 25.4 Å². The number of hydrogen-bond donors (Lipinski definition) is 0. The van der Waals surface area contributed by atoms with E-state index in [0.717, 1.165) is 16.5 Å². The molecule has 1 aromatic carbocycles. The molecule has 0 aliphatic rings. The summed E-state index contributed by atoms with van der Waals surface area (Å²) < 4.78 is 9.99. The average molecular weight is 231 g/mol. The van der Waals surface area contributed by atoms with Gasteiger partial charge in [0.1, 0.15) is 5.75 Å². The van der Waals surface area contributed by atoms with Gasteiger partial charge in [0.25, 0.3) is 0 Å². The summed E-state index contributed by atoms with van der Waals surface area (Å²) in [6, 6.07) is 5.31. The van der Waals surface area contributed by atoms with Crippen molar-refractivity contribution in [3.05, 3.63) is 35.7 Å². The van der Waals surface area contributed by atoms with Gasteiger partial charge in [-0.15, -0.1) is 0 Å². The third-order valence-corrected chi connectivity index (χ3v) is 2.68. The fourth-order valence-electron chi connectivity index (χ4n) is 1.80. The van der Waals surface area contributed by atoms with Crippen LogP contribution in [0.15, 0.2) is 24.4 Å². The Hall–Kier alpha value is -2.10. The highest BCUT2D eigenvalue weighted by Gasteiger charge is 2.12. The number of methoxy groups -OCH3 is 2. The van der Waals surface area contributed by atoms with Crippen LogP contribution in [0.5, 0.6) is 5.75 Å². The number of aryl methyl sites for hydroxylation is 1. The molecule has 0 radical (unpaired) electrons. The molecule has 1 heterocycles. The second-order valence-corrected chi connectivity index (χ2v) is 3.66. The Morgan fingerprint density at radius 3 is 2.65 bits per heavy atom. The van der Waals surface area contributed by atoms with Gasteiger partial charge in [0.05, 0.1) is 19.8 Å². The normalized spacial score (nSPS) is 10.3. The average Bonchev–Trinajstić information content (AvgIpc) is 2.37. The maximum Gasteiger partial charge on any atom is 0.338 e. The van der Waals surface area contributed by atoms with E-state index in [2.05, 4.69) is 4.98 Å². The number of carbonyl (C=O) groups is 1. The van der Waals surface area contributed by atoms with Gasteiger partial charge in [0.2, 0.25) is 0 Å². The van der Waals surface area contributed by atoms with E-state index in [4.69, 9.17) is 9.47 Å². The molecule has 0 atom stereocenters. The highest BCUT2D eigenvalue weighted by molar-refractivity contribution is 5.99. The summed E-state index contributed by atoms with van der Waals surface area (Å²) in [6.07, 6.45) is 1.72. The van der Waals surface area contributed by atoms with E-state index >= 15 is 0 Å². The Labute approximate surface area is 99.2 Å². The van der Waals surface area contributed by atoms with Crippen LogP contribution in [0.4, 0.5) is 0 Å². The Kier molecular flexibility index (Phi) is 2.95. The predicted molar refractivity (Wildman–Crippen MR) is 64.4 cm³/mol. The van der Waals surface area contributed by atoms with Gasteiger partial charge < -0.3 is 9.47 Å². The van der Waals surface area contributed by atoms with Crippen molar-refractivity contribution < 1.29 is 14.3 Å². The molecule has 17 heavy (non-hydrogen) atoms. The molecule has 0 amide bonds. The molecule has 4 nitrogen and oxygen atoms in total. The van der Waals surface area contributed by atoms with Crippen molar-refractivity contribution in [1.82, 2.24) is 4.98 Å². The molecular weight excluding hydrogens is 218 g/mol. The lowest BCUT2D eigenvalue weighted by atomic mass is 10.1. The third kappa shape index (κ3) is 1.93. The first-order valence-corrected chi connectivity index (χ1v) is 5.19. The van der Waals surface area contributed by atoms with Gasteiger partial charge in [-0.05, 0) is 25.1 Å². The van der Waals surface area contributed by atoms with E-state index in [0.29, 0.717) is 11.3 Å². The van der Waals surface area contributed by atoms with Gasteiger partial charge in [-0.2, -0.15) is 0 Å². The van der Waals surface area contributed by atoms with Gasteiger partial charge in [-0.25, -0.2) is 4.79 Å². The second-order valence-electron chi connectivity index (χ2n) is 3.66. The molecule has 2 rings (SSSR count). The van der Waals surface area contributed by atoms with Gasteiger partial charge in [-0.3, -0.25) is 4.98 Å². The number of aromatic nitrogens is 1. The minimum Gasteiger partial charge on any atom is -0.496 e. The number of hydrogen-bond acceptors (Lipinski definition) is 4. The molecule has 2 aromatic rings. The van der Waals surface area contributed by atoms with Crippen LogP contribution in [0.25, 0.3) is 10.8 Å². The Bertz CT molecular complexity index is 578. The first kappa shape index (κ1) is 11.4. The minimum absolute atomic E-state index is 0.381. The van der Waals surface area contributed by atoms with E-state index in [1.165, 1.54) is 7.11 Å². The molecule has 0 aliphatic carbocycles. The smallest absolute Gasteiger partial charge is 0.338 e. The number of carbonyl (C=O) groups excluding carboxylic acids is 1. The van der Waals surface area contributed by atoms with Crippen molar-refractivity contribution in [2.75, 3.05) is 14.2 Å². The zero-order valence-corrected chi connectivity index (χ0v) is 9.98. The maximum absolute atomic E-state index is 11.5. The topological polar surface area (TPSA) is 48.4 Å². The molecule has 0 spiro atoms. The molecule has 0 fully saturated rings. The van der Waals surface area contributed by atoms with Crippen LogP contribution in [0.3, 0.4) is 0 Å².